The summed E-state index contributed by atoms with van der Waals surface area (Å²) in [6.45, 7) is 8.42. The van der Waals surface area contributed by atoms with Gasteiger partial charge in [0.15, 0.2) is 0 Å². The molecule has 0 radical (unpaired) electrons. The maximum absolute atomic E-state index is 9.37. The summed E-state index contributed by atoms with van der Waals surface area (Å²) in [6.07, 6.45) is 2.79. The predicted molar refractivity (Wildman–Crippen MR) is 65.3 cm³/mol. The molecule has 0 aromatic carbocycles. The van der Waals surface area contributed by atoms with E-state index in [1.165, 1.54) is 5.56 Å². The van der Waals surface area contributed by atoms with Crippen LogP contribution in [0, 0.1) is 6.92 Å². The molecule has 2 atom stereocenters. The van der Waals surface area contributed by atoms with Crippen LogP contribution in [0.15, 0.2) is 6.20 Å². The van der Waals surface area contributed by atoms with Crippen LogP contribution in [0.5, 0.6) is 0 Å². The summed E-state index contributed by atoms with van der Waals surface area (Å²) in [6, 6.07) is 0.200. The second kappa shape index (κ2) is 4.97. The summed E-state index contributed by atoms with van der Waals surface area (Å²) >= 11 is 0. The van der Waals surface area contributed by atoms with E-state index < -0.39 is 0 Å². The van der Waals surface area contributed by atoms with E-state index in [-0.39, 0.29) is 18.2 Å². The summed E-state index contributed by atoms with van der Waals surface area (Å²) in [4.78, 5) is 0. The number of rotatable bonds is 5. The molecule has 0 amide bonds. The SMILES string of the molecule is CCC(C)(CO)NC(C)c1cnn(C)c1C. The minimum absolute atomic E-state index is 0.146. The Balaban J connectivity index is 2.79. The van der Waals surface area contributed by atoms with Gasteiger partial charge in [-0.05, 0) is 27.2 Å². The maximum atomic E-state index is 9.37. The van der Waals surface area contributed by atoms with Crippen molar-refractivity contribution in [2.24, 2.45) is 7.05 Å². The van der Waals surface area contributed by atoms with E-state index in [1.807, 2.05) is 24.9 Å². The van der Waals surface area contributed by atoms with Crippen LogP contribution in [0.3, 0.4) is 0 Å². The van der Waals surface area contributed by atoms with Crippen LogP contribution < -0.4 is 5.32 Å². The Kier molecular flexibility index (Phi) is 4.10. The highest BCUT2D eigenvalue weighted by Gasteiger charge is 2.24. The molecule has 2 N–H and O–H groups in total. The van der Waals surface area contributed by atoms with Gasteiger partial charge in [-0.15, -0.1) is 0 Å². The highest BCUT2D eigenvalue weighted by Crippen LogP contribution is 2.20. The Labute approximate surface area is 97.7 Å². The lowest BCUT2D eigenvalue weighted by atomic mass is 9.97. The molecule has 1 aromatic heterocycles. The van der Waals surface area contributed by atoms with Gasteiger partial charge in [0.1, 0.15) is 0 Å². The summed E-state index contributed by atoms with van der Waals surface area (Å²) < 4.78 is 1.87. The van der Waals surface area contributed by atoms with Crippen molar-refractivity contribution in [1.82, 2.24) is 15.1 Å². The monoisotopic (exact) mass is 225 g/mol. The number of aromatic nitrogens is 2. The lowest BCUT2D eigenvalue weighted by Gasteiger charge is -2.31. The topological polar surface area (TPSA) is 50.1 Å². The van der Waals surface area contributed by atoms with Gasteiger partial charge in [-0.3, -0.25) is 4.68 Å². The fourth-order valence-corrected chi connectivity index (χ4v) is 1.80. The number of aryl methyl sites for hydroxylation is 1. The molecule has 0 aliphatic carbocycles. The third-order valence-corrected chi connectivity index (χ3v) is 3.43. The average molecular weight is 225 g/mol. The number of nitrogens with zero attached hydrogens (tertiary/aromatic N) is 2. The van der Waals surface area contributed by atoms with Crippen molar-refractivity contribution in [1.29, 1.82) is 0 Å². The van der Waals surface area contributed by atoms with Crippen LogP contribution in [0.4, 0.5) is 0 Å². The van der Waals surface area contributed by atoms with E-state index >= 15 is 0 Å². The molecule has 0 saturated carbocycles. The van der Waals surface area contributed by atoms with Gasteiger partial charge in [0, 0.05) is 29.9 Å². The van der Waals surface area contributed by atoms with Crippen LogP contribution in [0.2, 0.25) is 0 Å². The first-order chi connectivity index (χ1) is 7.43. The third kappa shape index (κ3) is 2.62. The van der Waals surface area contributed by atoms with E-state index in [0.29, 0.717) is 0 Å². The first-order valence-electron chi connectivity index (χ1n) is 5.80. The van der Waals surface area contributed by atoms with Gasteiger partial charge in [-0.1, -0.05) is 6.92 Å². The molecule has 0 spiro atoms. The molecule has 92 valence electrons. The molecular weight excluding hydrogens is 202 g/mol. The highest BCUT2D eigenvalue weighted by atomic mass is 16.3. The standard InChI is InChI=1S/C12H23N3O/c1-6-12(4,8-16)14-9(2)11-7-13-15(5)10(11)3/h7,9,14,16H,6,8H2,1-5H3. The molecule has 2 unspecified atom stereocenters. The van der Waals surface area contributed by atoms with E-state index in [4.69, 9.17) is 0 Å². The molecule has 1 aromatic rings. The molecule has 0 aliphatic heterocycles. The Morgan fingerprint density at radius 2 is 2.25 bits per heavy atom. The van der Waals surface area contributed by atoms with Gasteiger partial charge in [0.2, 0.25) is 0 Å². The van der Waals surface area contributed by atoms with Gasteiger partial charge in [0.25, 0.3) is 0 Å². The predicted octanol–water partition coefficient (Wildman–Crippen LogP) is 1.54. The van der Waals surface area contributed by atoms with Crippen LogP contribution in [0.25, 0.3) is 0 Å². The Morgan fingerprint density at radius 1 is 1.62 bits per heavy atom. The highest BCUT2D eigenvalue weighted by molar-refractivity contribution is 5.20. The Morgan fingerprint density at radius 3 is 2.62 bits per heavy atom. The van der Waals surface area contributed by atoms with Gasteiger partial charge >= 0.3 is 0 Å². The number of hydrogen-bond acceptors (Lipinski definition) is 3. The second-order valence-electron chi connectivity index (χ2n) is 4.75. The van der Waals surface area contributed by atoms with Gasteiger partial charge < -0.3 is 10.4 Å². The zero-order chi connectivity index (χ0) is 12.3. The molecule has 0 saturated heterocycles. The lowest BCUT2D eigenvalue weighted by Crippen LogP contribution is -2.46. The third-order valence-electron chi connectivity index (χ3n) is 3.43. The quantitative estimate of drug-likeness (QED) is 0.799. The molecule has 16 heavy (non-hydrogen) atoms. The largest absolute Gasteiger partial charge is 0.394 e. The summed E-state index contributed by atoms with van der Waals surface area (Å²) in [5, 5.41) is 17.1. The van der Waals surface area contributed by atoms with Crippen LogP contribution in [0.1, 0.15) is 44.5 Å². The van der Waals surface area contributed by atoms with Crippen LogP contribution >= 0.6 is 0 Å². The maximum Gasteiger partial charge on any atom is 0.0610 e. The number of aliphatic hydroxyl groups excluding tert-OH is 1. The fraction of sp³-hybridized carbons (Fsp3) is 0.750. The molecule has 1 rings (SSSR count). The van der Waals surface area contributed by atoms with E-state index in [1.54, 1.807) is 0 Å². The number of hydrogen-bond donors (Lipinski definition) is 2. The van der Waals surface area contributed by atoms with Crippen molar-refractivity contribution in [3.63, 3.8) is 0 Å². The smallest absolute Gasteiger partial charge is 0.0610 e. The zero-order valence-electron chi connectivity index (χ0n) is 10.9. The Bertz CT molecular complexity index is 342. The van der Waals surface area contributed by atoms with Crippen molar-refractivity contribution < 1.29 is 5.11 Å². The number of aliphatic hydroxyl groups is 1. The second-order valence-corrected chi connectivity index (χ2v) is 4.75. The summed E-state index contributed by atoms with van der Waals surface area (Å²) in [7, 11) is 1.94. The Hall–Kier alpha value is -0.870. The van der Waals surface area contributed by atoms with E-state index in [9.17, 15) is 5.11 Å². The molecule has 4 nitrogen and oxygen atoms in total. The molecule has 1 heterocycles. The average Bonchev–Trinajstić information content (AvgIpc) is 2.59. The van der Waals surface area contributed by atoms with Gasteiger partial charge in [0.05, 0.1) is 12.8 Å². The number of nitrogens with one attached hydrogen (secondary N) is 1. The molecular formula is C12H23N3O. The van der Waals surface area contributed by atoms with Crippen LogP contribution in [-0.2, 0) is 7.05 Å². The van der Waals surface area contributed by atoms with Crippen molar-refractivity contribution in [3.8, 4) is 0 Å². The van der Waals surface area contributed by atoms with Crippen molar-refractivity contribution in [2.45, 2.75) is 45.7 Å². The fourth-order valence-electron chi connectivity index (χ4n) is 1.80. The molecule has 4 heteroatoms. The summed E-state index contributed by atoms with van der Waals surface area (Å²) in [5.41, 5.74) is 2.13. The van der Waals surface area contributed by atoms with E-state index in [2.05, 4.69) is 31.2 Å². The van der Waals surface area contributed by atoms with Crippen molar-refractivity contribution >= 4 is 0 Å². The molecule has 0 bridgehead atoms. The minimum Gasteiger partial charge on any atom is -0.394 e. The normalized spacial score (nSPS) is 17.1. The minimum atomic E-state index is -0.221. The van der Waals surface area contributed by atoms with Crippen molar-refractivity contribution in [3.05, 3.63) is 17.5 Å². The zero-order valence-corrected chi connectivity index (χ0v) is 10.9. The van der Waals surface area contributed by atoms with Crippen LogP contribution in [-0.4, -0.2) is 27.0 Å². The first kappa shape index (κ1) is 13.2. The van der Waals surface area contributed by atoms with E-state index in [0.717, 1.165) is 12.1 Å². The summed E-state index contributed by atoms with van der Waals surface area (Å²) in [5.74, 6) is 0. The van der Waals surface area contributed by atoms with Crippen molar-refractivity contribution in [2.75, 3.05) is 6.61 Å². The van der Waals surface area contributed by atoms with Gasteiger partial charge in [-0.25, -0.2) is 0 Å². The lowest BCUT2D eigenvalue weighted by molar-refractivity contribution is 0.159. The molecule has 0 fully saturated rings. The first-order valence-corrected chi connectivity index (χ1v) is 5.80. The molecule has 0 aliphatic rings. The van der Waals surface area contributed by atoms with Gasteiger partial charge in [-0.2, -0.15) is 5.10 Å².